The van der Waals surface area contributed by atoms with Gasteiger partial charge in [0.2, 0.25) is 0 Å². The van der Waals surface area contributed by atoms with Crippen LogP contribution in [0.2, 0.25) is 0 Å². The Morgan fingerprint density at radius 1 is 0.891 bits per heavy atom. The number of ether oxygens (including phenoxy) is 5. The fourth-order valence-electron chi connectivity index (χ4n) is 5.35. The topological polar surface area (TPSA) is 180 Å². The number of alkyl carbamates (subject to hydrolysis) is 1. The fraction of sp³-hybridized carbons (Fsp3) is 0.606. The molecule has 6 N–H and O–H groups in total. The fourth-order valence-corrected chi connectivity index (χ4v) is 5.35. The van der Waals surface area contributed by atoms with Crippen LogP contribution in [0.1, 0.15) is 50.9 Å². The number of rotatable bonds is 13. The molecule has 2 aromatic rings. The molecule has 2 aliphatic heterocycles. The zero-order valence-electron chi connectivity index (χ0n) is 26.6. The van der Waals surface area contributed by atoms with Crippen LogP contribution in [0.3, 0.4) is 0 Å². The maximum Gasteiger partial charge on any atom is 0.407 e. The van der Waals surface area contributed by atoms with Gasteiger partial charge in [0.25, 0.3) is 0 Å². The molecule has 256 valence electrons. The first-order valence-electron chi connectivity index (χ1n) is 15.6. The van der Waals surface area contributed by atoms with Crippen molar-refractivity contribution in [2.45, 2.75) is 88.1 Å². The first kappa shape index (κ1) is 36.2. The summed E-state index contributed by atoms with van der Waals surface area (Å²) in [5.41, 5.74) is 0.795. The van der Waals surface area contributed by atoms with Crippen LogP contribution in [0.15, 0.2) is 60.7 Å². The minimum Gasteiger partial charge on any atom is -0.444 e. The van der Waals surface area contributed by atoms with E-state index in [1.165, 1.54) is 0 Å². The van der Waals surface area contributed by atoms with Crippen molar-refractivity contribution in [3.05, 3.63) is 71.8 Å². The molecule has 13 heteroatoms. The van der Waals surface area contributed by atoms with E-state index in [0.29, 0.717) is 5.56 Å². The van der Waals surface area contributed by atoms with Gasteiger partial charge in [0, 0.05) is 43.7 Å². The van der Waals surface area contributed by atoms with Crippen molar-refractivity contribution in [2.75, 3.05) is 39.4 Å². The van der Waals surface area contributed by atoms with E-state index in [4.69, 9.17) is 23.7 Å². The van der Waals surface area contributed by atoms with Gasteiger partial charge in [-0.1, -0.05) is 60.7 Å². The smallest absolute Gasteiger partial charge is 0.407 e. The van der Waals surface area contributed by atoms with Crippen LogP contribution in [-0.4, -0.2) is 124 Å². The average molecular weight is 649 g/mol. The summed E-state index contributed by atoms with van der Waals surface area (Å²) in [6.45, 7) is 5.33. The lowest BCUT2D eigenvalue weighted by Crippen LogP contribution is -2.54. The zero-order valence-corrected chi connectivity index (χ0v) is 26.6. The Kier molecular flexibility index (Phi) is 13.3. The van der Waals surface area contributed by atoms with Crippen molar-refractivity contribution in [1.29, 1.82) is 0 Å². The van der Waals surface area contributed by atoms with Gasteiger partial charge in [0.05, 0.1) is 31.5 Å². The van der Waals surface area contributed by atoms with Gasteiger partial charge in [-0.05, 0) is 20.8 Å². The van der Waals surface area contributed by atoms with E-state index in [9.17, 15) is 30.3 Å². The molecule has 0 aliphatic carbocycles. The molecule has 0 aromatic heterocycles. The first-order valence-corrected chi connectivity index (χ1v) is 15.6. The molecule has 0 spiro atoms. The van der Waals surface area contributed by atoms with Crippen molar-refractivity contribution >= 4 is 6.09 Å². The number of aliphatic hydroxyl groups is 5. The van der Waals surface area contributed by atoms with Crippen LogP contribution in [0, 0.1) is 0 Å². The van der Waals surface area contributed by atoms with Crippen LogP contribution in [0.5, 0.6) is 0 Å². The predicted octanol–water partition coefficient (Wildman–Crippen LogP) is 1.24. The van der Waals surface area contributed by atoms with E-state index in [0.717, 1.165) is 5.56 Å². The summed E-state index contributed by atoms with van der Waals surface area (Å²) in [5, 5.41) is 57.1. The summed E-state index contributed by atoms with van der Waals surface area (Å²) in [4.78, 5) is 13.9. The highest BCUT2D eigenvalue weighted by Crippen LogP contribution is 2.30. The Morgan fingerprint density at radius 2 is 1.46 bits per heavy atom. The third-order valence-corrected chi connectivity index (χ3v) is 7.61. The molecule has 0 saturated carbocycles. The summed E-state index contributed by atoms with van der Waals surface area (Å²) in [6.07, 6.45) is -10.1. The minimum atomic E-state index is -1.50. The maximum absolute atomic E-state index is 12.2. The van der Waals surface area contributed by atoms with Gasteiger partial charge in [-0.25, -0.2) is 4.79 Å². The van der Waals surface area contributed by atoms with Gasteiger partial charge < -0.3 is 54.5 Å². The Balaban J connectivity index is 1.38. The molecule has 4 rings (SSSR count). The highest BCUT2D eigenvalue weighted by Gasteiger charge is 2.40. The van der Waals surface area contributed by atoms with Crippen molar-refractivity contribution < 1.29 is 54.0 Å². The van der Waals surface area contributed by atoms with Gasteiger partial charge in [-0.15, -0.1) is 0 Å². The monoisotopic (exact) mass is 648 g/mol. The Labute approximate surface area is 269 Å². The van der Waals surface area contributed by atoms with Crippen LogP contribution in [0.25, 0.3) is 0 Å². The molecular weight excluding hydrogens is 600 g/mol. The molecule has 2 unspecified atom stereocenters. The summed E-state index contributed by atoms with van der Waals surface area (Å²) >= 11 is 0. The first-order chi connectivity index (χ1) is 21.9. The molecule has 0 bridgehead atoms. The second kappa shape index (κ2) is 16.9. The molecule has 2 saturated heterocycles. The number of nitrogens with zero attached hydrogens (tertiary/aromatic N) is 1. The molecule has 0 radical (unpaired) electrons. The van der Waals surface area contributed by atoms with Crippen molar-refractivity contribution in [1.82, 2.24) is 10.2 Å². The molecule has 2 heterocycles. The molecule has 1 amide bonds. The number of aliphatic hydroxyl groups excluding tert-OH is 5. The van der Waals surface area contributed by atoms with E-state index in [1.54, 1.807) is 37.8 Å². The molecule has 2 aromatic carbocycles. The molecule has 2 aliphatic rings. The number of carbonyl (C=O) groups excluding carboxylic acids is 1. The quantitative estimate of drug-likeness (QED) is 0.183. The summed E-state index contributed by atoms with van der Waals surface area (Å²) in [6, 6.07) is 18.3. The van der Waals surface area contributed by atoms with E-state index in [1.807, 2.05) is 48.5 Å². The van der Waals surface area contributed by atoms with Crippen molar-refractivity contribution in [3.63, 3.8) is 0 Å². The number of hydrogen-bond acceptors (Lipinski definition) is 12. The van der Waals surface area contributed by atoms with Crippen LogP contribution in [0.4, 0.5) is 4.79 Å². The highest BCUT2D eigenvalue weighted by atomic mass is 16.7. The lowest BCUT2D eigenvalue weighted by molar-refractivity contribution is -0.283. The molecular formula is C33H48N2O11. The summed E-state index contributed by atoms with van der Waals surface area (Å²) < 4.78 is 28.4. The van der Waals surface area contributed by atoms with Gasteiger partial charge in [-0.3, -0.25) is 4.90 Å². The highest BCUT2D eigenvalue weighted by molar-refractivity contribution is 5.67. The number of hydrogen-bond donors (Lipinski definition) is 6. The number of nitrogens with one attached hydrogen (secondary N) is 1. The van der Waals surface area contributed by atoms with Gasteiger partial charge in [0.15, 0.2) is 12.6 Å². The normalized spacial score (nSPS) is 27.5. The van der Waals surface area contributed by atoms with Crippen molar-refractivity contribution in [2.24, 2.45) is 0 Å². The second-order valence-electron chi connectivity index (χ2n) is 12.7. The number of amides is 1. The third kappa shape index (κ3) is 10.9. The van der Waals surface area contributed by atoms with Crippen LogP contribution in [-0.2, 0) is 23.7 Å². The maximum atomic E-state index is 12.2. The molecule has 13 nitrogen and oxygen atoms in total. The van der Waals surface area contributed by atoms with Crippen LogP contribution >= 0.6 is 0 Å². The SMILES string of the molecule is CC(C)(C)OC(=O)NCCN(C[C@H](O)C[C@@H]1OC(c2ccccc2)OC[C@H]1O)C[C@H](O)[C@@H](O)[C@@H]1OC(c2ccccc2)OC[C@H]1O. The molecule has 2 fully saturated rings. The van der Waals surface area contributed by atoms with Gasteiger partial charge in [-0.2, -0.15) is 0 Å². The minimum absolute atomic E-state index is 0.00699. The van der Waals surface area contributed by atoms with E-state index in [2.05, 4.69) is 5.32 Å². The lowest BCUT2D eigenvalue weighted by Gasteiger charge is -2.39. The number of carbonyl (C=O) groups is 1. The predicted molar refractivity (Wildman–Crippen MR) is 165 cm³/mol. The Bertz CT molecular complexity index is 1190. The van der Waals surface area contributed by atoms with E-state index < -0.39 is 67.0 Å². The average Bonchev–Trinajstić information content (AvgIpc) is 3.02. The summed E-state index contributed by atoms with van der Waals surface area (Å²) in [7, 11) is 0. The van der Waals surface area contributed by atoms with Gasteiger partial charge >= 0.3 is 6.09 Å². The molecule has 9 atom stereocenters. The second-order valence-corrected chi connectivity index (χ2v) is 12.7. The zero-order chi connectivity index (χ0) is 33.3. The largest absolute Gasteiger partial charge is 0.444 e. The van der Waals surface area contributed by atoms with Crippen molar-refractivity contribution in [3.8, 4) is 0 Å². The Morgan fingerprint density at radius 3 is 2.04 bits per heavy atom. The Hall–Kier alpha value is -2.69. The molecule has 46 heavy (non-hydrogen) atoms. The number of benzene rings is 2. The lowest BCUT2D eigenvalue weighted by atomic mass is 10.0. The standard InChI is InChI=1S/C33H48N2O11/c1-33(2,3)46-32(41)34-14-15-35(17-23(36)16-27-25(38)19-42-30(44-27)21-10-6-4-7-11-21)18-24(37)28(40)29-26(39)20-43-31(45-29)22-12-8-5-9-13-22/h4-13,23-31,36-40H,14-20H2,1-3H3,(H,34,41)/t23-,24+,25-,26-,27+,28-,29-,30?,31?/m1/s1. The van der Waals surface area contributed by atoms with E-state index >= 15 is 0 Å². The van der Waals surface area contributed by atoms with Crippen LogP contribution < -0.4 is 5.32 Å². The van der Waals surface area contributed by atoms with E-state index in [-0.39, 0.29) is 45.8 Å². The third-order valence-electron chi connectivity index (χ3n) is 7.61. The van der Waals surface area contributed by atoms with Gasteiger partial charge in [0.1, 0.15) is 30.0 Å². The summed E-state index contributed by atoms with van der Waals surface area (Å²) in [5.74, 6) is 0.